The molecule has 0 bridgehead atoms. The Morgan fingerprint density at radius 3 is 1.55 bits per heavy atom. The summed E-state index contributed by atoms with van der Waals surface area (Å²) in [6.07, 6.45) is 5.33. The molecule has 1 fully saturated rings. The Morgan fingerprint density at radius 2 is 1.27 bits per heavy atom. The van der Waals surface area contributed by atoms with Crippen molar-refractivity contribution in [1.82, 2.24) is 0 Å². The summed E-state index contributed by atoms with van der Waals surface area (Å²) in [5, 5.41) is 0. The van der Waals surface area contributed by atoms with Crippen molar-refractivity contribution in [2.75, 3.05) is 13.1 Å². The van der Waals surface area contributed by atoms with Crippen LogP contribution in [0, 0.1) is 11.8 Å². The van der Waals surface area contributed by atoms with Gasteiger partial charge in [0.1, 0.15) is 0 Å². The van der Waals surface area contributed by atoms with Crippen molar-refractivity contribution in [3.63, 3.8) is 0 Å². The topological polar surface area (TPSA) is 52.0 Å². The predicted octanol–water partition coefficient (Wildman–Crippen LogP) is 0.708. The van der Waals surface area contributed by atoms with Crippen molar-refractivity contribution in [3.8, 4) is 0 Å². The smallest absolute Gasteiger partial charge is 0.330 e. The maximum Gasteiger partial charge on any atom is 2.00 e. The summed E-state index contributed by atoms with van der Waals surface area (Å²) in [6.45, 7) is 1.67. The van der Waals surface area contributed by atoms with Gasteiger partial charge in [-0.2, -0.15) is 0 Å². The Labute approximate surface area is 83.4 Å². The normalized spacial score (nSPS) is 31.1. The summed E-state index contributed by atoms with van der Waals surface area (Å²) in [7, 11) is 0. The number of rotatable bonds is 2. The van der Waals surface area contributed by atoms with Gasteiger partial charge in [0.2, 0.25) is 0 Å². The van der Waals surface area contributed by atoms with Gasteiger partial charge in [0.25, 0.3) is 0 Å². The van der Waals surface area contributed by atoms with E-state index < -0.39 is 0 Å². The quantitative estimate of drug-likeness (QED) is 0.780. The molecule has 1 aliphatic rings. The standard InChI is InChI=1S/C8H18N2.Pt/c9-5-7-3-1-2-4-8(7)6-10;/h7-8H,1-6,9-10H2;/q;+2. The minimum atomic E-state index is 0. The third kappa shape index (κ3) is 3.23. The minimum Gasteiger partial charge on any atom is -0.330 e. The van der Waals surface area contributed by atoms with Gasteiger partial charge in [-0.25, -0.2) is 0 Å². The summed E-state index contributed by atoms with van der Waals surface area (Å²) < 4.78 is 0. The van der Waals surface area contributed by atoms with Crippen molar-refractivity contribution in [2.24, 2.45) is 23.3 Å². The first-order valence-electron chi connectivity index (χ1n) is 4.28. The zero-order valence-corrected chi connectivity index (χ0v) is 9.14. The average molecular weight is 337 g/mol. The van der Waals surface area contributed by atoms with Crippen LogP contribution in [0.2, 0.25) is 0 Å². The second-order valence-electron chi connectivity index (χ2n) is 3.28. The Morgan fingerprint density at radius 1 is 0.909 bits per heavy atom. The molecule has 0 amide bonds. The molecule has 0 aromatic carbocycles. The van der Waals surface area contributed by atoms with Crippen molar-refractivity contribution in [2.45, 2.75) is 25.7 Å². The van der Waals surface area contributed by atoms with Gasteiger partial charge in [-0.3, -0.25) is 0 Å². The molecule has 0 spiro atoms. The van der Waals surface area contributed by atoms with Crippen molar-refractivity contribution in [3.05, 3.63) is 0 Å². The zero-order valence-electron chi connectivity index (χ0n) is 6.87. The predicted molar refractivity (Wildman–Crippen MR) is 43.6 cm³/mol. The van der Waals surface area contributed by atoms with Gasteiger partial charge in [-0.15, -0.1) is 0 Å². The van der Waals surface area contributed by atoms with Crippen molar-refractivity contribution < 1.29 is 21.1 Å². The largest absolute Gasteiger partial charge is 2.00 e. The molecule has 1 aliphatic carbocycles. The summed E-state index contributed by atoms with van der Waals surface area (Å²) in [5.41, 5.74) is 11.2. The molecule has 11 heavy (non-hydrogen) atoms. The molecule has 0 aromatic heterocycles. The molecule has 4 N–H and O–H groups in total. The summed E-state index contributed by atoms with van der Waals surface area (Å²) in [5.74, 6) is 1.44. The number of hydrogen-bond donors (Lipinski definition) is 2. The van der Waals surface area contributed by atoms with E-state index in [9.17, 15) is 0 Å². The fourth-order valence-electron chi connectivity index (χ4n) is 1.91. The molecule has 2 atom stereocenters. The number of hydrogen-bond acceptors (Lipinski definition) is 2. The molecule has 0 saturated heterocycles. The summed E-state index contributed by atoms with van der Waals surface area (Å²) in [6, 6.07) is 0. The fraction of sp³-hybridized carbons (Fsp3) is 1.00. The van der Waals surface area contributed by atoms with E-state index in [1.807, 2.05) is 0 Å². The molecular formula is C8H18N2Pt+2. The Hall–Kier alpha value is 0.608. The SMILES string of the molecule is NCC1CCCCC1CN.[Pt+2]. The van der Waals surface area contributed by atoms with Gasteiger partial charge in [0.15, 0.2) is 0 Å². The first-order chi connectivity index (χ1) is 4.88. The van der Waals surface area contributed by atoms with E-state index in [1.54, 1.807) is 0 Å². The van der Waals surface area contributed by atoms with E-state index in [0.717, 1.165) is 24.9 Å². The van der Waals surface area contributed by atoms with Gasteiger partial charge in [-0.05, 0) is 37.8 Å². The molecule has 2 nitrogen and oxygen atoms in total. The van der Waals surface area contributed by atoms with Gasteiger partial charge >= 0.3 is 21.1 Å². The van der Waals surface area contributed by atoms with Gasteiger partial charge in [0, 0.05) is 0 Å². The first-order valence-corrected chi connectivity index (χ1v) is 4.28. The van der Waals surface area contributed by atoms with Crippen LogP contribution in [0.25, 0.3) is 0 Å². The molecule has 68 valence electrons. The van der Waals surface area contributed by atoms with Crippen LogP contribution < -0.4 is 11.5 Å². The van der Waals surface area contributed by atoms with Crippen LogP contribution in [0.15, 0.2) is 0 Å². The molecule has 0 radical (unpaired) electrons. The maximum atomic E-state index is 5.61. The Kier molecular flexibility index (Phi) is 6.50. The molecule has 0 aliphatic heterocycles. The van der Waals surface area contributed by atoms with Crippen molar-refractivity contribution >= 4 is 0 Å². The third-order valence-corrected chi connectivity index (χ3v) is 2.67. The second-order valence-corrected chi connectivity index (χ2v) is 3.28. The zero-order chi connectivity index (χ0) is 7.40. The first kappa shape index (κ1) is 11.6. The van der Waals surface area contributed by atoms with E-state index in [-0.39, 0.29) is 21.1 Å². The van der Waals surface area contributed by atoms with E-state index >= 15 is 0 Å². The van der Waals surface area contributed by atoms with E-state index in [2.05, 4.69) is 0 Å². The van der Waals surface area contributed by atoms with Crippen LogP contribution in [-0.4, -0.2) is 13.1 Å². The third-order valence-electron chi connectivity index (χ3n) is 2.67. The van der Waals surface area contributed by atoms with Crippen LogP contribution in [0.4, 0.5) is 0 Å². The van der Waals surface area contributed by atoms with E-state index in [1.165, 1.54) is 25.7 Å². The van der Waals surface area contributed by atoms with Crippen LogP contribution in [0.3, 0.4) is 0 Å². The van der Waals surface area contributed by atoms with Crippen molar-refractivity contribution in [1.29, 1.82) is 0 Å². The minimum absolute atomic E-state index is 0. The molecule has 1 rings (SSSR count). The number of nitrogens with two attached hydrogens (primary N) is 2. The van der Waals surface area contributed by atoms with Crippen LogP contribution in [-0.2, 0) is 21.1 Å². The summed E-state index contributed by atoms with van der Waals surface area (Å²) >= 11 is 0. The summed E-state index contributed by atoms with van der Waals surface area (Å²) in [4.78, 5) is 0. The fourth-order valence-corrected chi connectivity index (χ4v) is 1.91. The van der Waals surface area contributed by atoms with E-state index in [0.29, 0.717) is 0 Å². The van der Waals surface area contributed by atoms with Gasteiger partial charge < -0.3 is 11.5 Å². The molecule has 2 unspecified atom stereocenters. The molecule has 3 heteroatoms. The molecular weight excluding hydrogens is 319 g/mol. The maximum absolute atomic E-state index is 5.61. The van der Waals surface area contributed by atoms with Gasteiger partial charge in [-0.1, -0.05) is 12.8 Å². The Balaban J connectivity index is 0.000001000. The molecule has 1 saturated carbocycles. The van der Waals surface area contributed by atoms with Crippen LogP contribution in [0.1, 0.15) is 25.7 Å². The second kappa shape index (κ2) is 6.16. The van der Waals surface area contributed by atoms with Crippen LogP contribution >= 0.6 is 0 Å². The monoisotopic (exact) mass is 337 g/mol. The van der Waals surface area contributed by atoms with E-state index in [4.69, 9.17) is 11.5 Å². The van der Waals surface area contributed by atoms with Gasteiger partial charge in [0.05, 0.1) is 0 Å². The molecule has 0 heterocycles. The average Bonchev–Trinajstić information content (AvgIpc) is 2.04. The van der Waals surface area contributed by atoms with Crippen LogP contribution in [0.5, 0.6) is 0 Å². The Bertz CT molecular complexity index is 86.1. The molecule has 0 aromatic rings.